The highest BCUT2D eigenvalue weighted by atomic mass is 19.4. The summed E-state index contributed by atoms with van der Waals surface area (Å²) in [6, 6.07) is 12.5. The number of halogens is 3. The smallest absolute Gasteiger partial charge is 0.493 e. The van der Waals surface area contributed by atoms with Crippen molar-refractivity contribution in [3.05, 3.63) is 60.2 Å². The normalized spacial score (nSPS) is 17.2. The molecule has 10 heteroatoms. The lowest BCUT2D eigenvalue weighted by atomic mass is 9.78. The Hall–Kier alpha value is -3.69. The third-order valence-corrected chi connectivity index (χ3v) is 6.97. The van der Waals surface area contributed by atoms with Crippen molar-refractivity contribution in [3.63, 3.8) is 0 Å². The van der Waals surface area contributed by atoms with Gasteiger partial charge in [-0.15, -0.1) is 13.2 Å². The van der Waals surface area contributed by atoms with Crippen molar-refractivity contribution in [1.29, 1.82) is 0 Å². The highest BCUT2D eigenvalue weighted by Gasteiger charge is 2.42. The van der Waals surface area contributed by atoms with Crippen molar-refractivity contribution in [1.82, 2.24) is 9.80 Å². The van der Waals surface area contributed by atoms with Crippen LogP contribution in [0.2, 0.25) is 0 Å². The van der Waals surface area contributed by atoms with Crippen LogP contribution >= 0.6 is 0 Å². The minimum absolute atomic E-state index is 0.0195. The van der Waals surface area contributed by atoms with Crippen molar-refractivity contribution in [2.75, 3.05) is 39.4 Å². The average molecular weight is 533 g/mol. The summed E-state index contributed by atoms with van der Waals surface area (Å²) in [4.78, 5) is 29.1. The fourth-order valence-electron chi connectivity index (χ4n) is 4.90. The maximum absolute atomic E-state index is 12.8. The lowest BCUT2D eigenvalue weighted by Gasteiger charge is -2.38. The molecular weight excluding hydrogens is 501 g/mol. The van der Waals surface area contributed by atoms with Gasteiger partial charge in [-0.2, -0.15) is 0 Å². The van der Waals surface area contributed by atoms with Crippen molar-refractivity contribution in [3.8, 4) is 17.2 Å². The van der Waals surface area contributed by atoms with Crippen LogP contribution in [0.3, 0.4) is 0 Å². The van der Waals surface area contributed by atoms with Crippen LogP contribution in [0.5, 0.6) is 17.2 Å². The number of para-hydroxylation sites is 1. The van der Waals surface area contributed by atoms with Gasteiger partial charge in [-0.05, 0) is 68.0 Å². The number of likely N-dealkylation sites (tertiary alicyclic amines) is 2. The summed E-state index contributed by atoms with van der Waals surface area (Å²) in [5.41, 5.74) is 0.836. The molecule has 2 aromatic rings. The van der Waals surface area contributed by atoms with Gasteiger partial charge in [0.2, 0.25) is 5.91 Å². The summed E-state index contributed by atoms with van der Waals surface area (Å²) in [5.74, 6) is 0.451. The number of alkyl halides is 3. The van der Waals surface area contributed by atoms with E-state index in [9.17, 15) is 22.8 Å². The molecule has 0 N–H and O–H groups in total. The number of nitrogens with zero attached hydrogens (tertiary/aromatic N) is 2. The SMILES string of the molecule is CCOc1ccccc1C=CC(=O)N1CCC2(CC1)CCN(C(=O)COc1ccc(OC(F)(F)F)cc1)C2. The quantitative estimate of drug-likeness (QED) is 0.452. The maximum Gasteiger partial charge on any atom is 0.573 e. The second kappa shape index (κ2) is 11.8. The Labute approximate surface area is 219 Å². The molecule has 0 aliphatic carbocycles. The molecule has 38 heavy (non-hydrogen) atoms. The zero-order valence-electron chi connectivity index (χ0n) is 21.2. The molecule has 4 rings (SSSR count). The van der Waals surface area contributed by atoms with Gasteiger partial charge in [-0.3, -0.25) is 9.59 Å². The molecule has 0 bridgehead atoms. The van der Waals surface area contributed by atoms with Crippen molar-refractivity contribution in [2.45, 2.75) is 32.5 Å². The van der Waals surface area contributed by atoms with E-state index in [0.29, 0.717) is 32.8 Å². The molecule has 7 nitrogen and oxygen atoms in total. The fourth-order valence-corrected chi connectivity index (χ4v) is 4.90. The second-order valence-electron chi connectivity index (χ2n) is 9.50. The number of ether oxygens (including phenoxy) is 3. The number of carbonyl (C=O) groups excluding carboxylic acids is 2. The summed E-state index contributed by atoms with van der Waals surface area (Å²) in [6.45, 7) is 4.73. The van der Waals surface area contributed by atoms with Crippen molar-refractivity contribution < 1.29 is 37.0 Å². The first-order valence-electron chi connectivity index (χ1n) is 12.6. The molecule has 2 aromatic carbocycles. The van der Waals surface area contributed by atoms with Gasteiger partial charge in [0.15, 0.2) is 6.61 Å². The van der Waals surface area contributed by atoms with E-state index in [1.165, 1.54) is 12.1 Å². The lowest BCUT2D eigenvalue weighted by Crippen LogP contribution is -2.44. The summed E-state index contributed by atoms with van der Waals surface area (Å²) >= 11 is 0. The molecule has 2 amide bonds. The third-order valence-electron chi connectivity index (χ3n) is 6.97. The second-order valence-corrected chi connectivity index (χ2v) is 9.50. The number of amides is 2. The summed E-state index contributed by atoms with van der Waals surface area (Å²) < 4.78 is 51.8. The van der Waals surface area contributed by atoms with Gasteiger partial charge >= 0.3 is 6.36 Å². The Morgan fingerprint density at radius 3 is 2.21 bits per heavy atom. The molecule has 2 saturated heterocycles. The van der Waals surface area contributed by atoms with E-state index in [1.54, 1.807) is 17.1 Å². The number of rotatable bonds is 8. The molecule has 0 atom stereocenters. The van der Waals surface area contributed by atoms with Gasteiger partial charge in [0.05, 0.1) is 6.61 Å². The molecule has 0 saturated carbocycles. The van der Waals surface area contributed by atoms with Crippen LogP contribution in [0.15, 0.2) is 54.6 Å². The Balaban J connectivity index is 1.23. The van der Waals surface area contributed by atoms with Crippen LogP contribution in [0.1, 0.15) is 31.7 Å². The van der Waals surface area contributed by atoms with E-state index in [4.69, 9.17) is 9.47 Å². The summed E-state index contributed by atoms with van der Waals surface area (Å²) in [7, 11) is 0. The van der Waals surface area contributed by atoms with Gasteiger partial charge in [-0.1, -0.05) is 18.2 Å². The van der Waals surface area contributed by atoms with Crippen molar-refractivity contribution >= 4 is 17.9 Å². The average Bonchev–Trinajstić information content (AvgIpc) is 3.30. The number of hydrogen-bond acceptors (Lipinski definition) is 5. The summed E-state index contributed by atoms with van der Waals surface area (Å²) in [6.07, 6.45) is 1.09. The predicted molar refractivity (Wildman–Crippen MR) is 135 cm³/mol. The van der Waals surface area contributed by atoms with Crippen LogP contribution in [0.4, 0.5) is 13.2 Å². The molecule has 0 radical (unpaired) electrons. The van der Waals surface area contributed by atoms with Crippen molar-refractivity contribution in [2.24, 2.45) is 5.41 Å². The first-order valence-corrected chi connectivity index (χ1v) is 12.6. The highest BCUT2D eigenvalue weighted by molar-refractivity contribution is 5.92. The Morgan fingerprint density at radius 2 is 1.55 bits per heavy atom. The maximum atomic E-state index is 12.8. The van der Waals surface area contributed by atoms with E-state index >= 15 is 0 Å². The van der Waals surface area contributed by atoms with Crippen LogP contribution in [0, 0.1) is 5.41 Å². The third kappa shape index (κ3) is 7.20. The van der Waals surface area contributed by atoms with Gasteiger partial charge in [0.25, 0.3) is 5.91 Å². The standard InChI is InChI=1S/C28H31F3N2O5/c1-2-36-24-6-4-3-5-21(24)7-12-25(34)32-16-13-27(14-17-32)15-18-33(20-27)26(35)19-37-22-8-10-23(11-9-22)38-28(29,30)31/h3-12H,2,13-20H2,1H3. The van der Waals surface area contributed by atoms with Crippen LogP contribution in [-0.4, -0.2) is 67.4 Å². The van der Waals surface area contributed by atoms with Gasteiger partial charge in [0, 0.05) is 37.8 Å². The molecule has 0 aromatic heterocycles. The van der Waals surface area contributed by atoms with Gasteiger partial charge in [0.1, 0.15) is 17.2 Å². The molecule has 2 fully saturated rings. The number of hydrogen-bond donors (Lipinski definition) is 0. The number of carbonyl (C=O) groups is 2. The number of benzene rings is 2. The number of piperidine rings is 1. The largest absolute Gasteiger partial charge is 0.573 e. The summed E-state index contributed by atoms with van der Waals surface area (Å²) in [5, 5.41) is 0. The van der Waals surface area contributed by atoms with E-state index in [-0.39, 0.29) is 35.3 Å². The molecule has 204 valence electrons. The fraction of sp³-hybridized carbons (Fsp3) is 0.429. The zero-order valence-corrected chi connectivity index (χ0v) is 21.2. The molecule has 2 aliphatic rings. The topological polar surface area (TPSA) is 68.3 Å². The molecule has 1 spiro atoms. The first-order chi connectivity index (χ1) is 18.2. The van der Waals surface area contributed by atoms with E-state index < -0.39 is 6.36 Å². The van der Waals surface area contributed by atoms with Crippen LogP contribution in [0.25, 0.3) is 6.08 Å². The molecule has 2 heterocycles. The van der Waals surface area contributed by atoms with Gasteiger partial charge in [-0.25, -0.2) is 0 Å². The van der Waals surface area contributed by atoms with Crippen LogP contribution in [-0.2, 0) is 9.59 Å². The minimum atomic E-state index is -4.76. The molecule has 0 unspecified atom stereocenters. The Morgan fingerprint density at radius 1 is 0.921 bits per heavy atom. The van der Waals surface area contributed by atoms with Crippen LogP contribution < -0.4 is 14.2 Å². The zero-order chi connectivity index (χ0) is 27.2. The minimum Gasteiger partial charge on any atom is -0.493 e. The van der Waals surface area contributed by atoms with Gasteiger partial charge < -0.3 is 24.0 Å². The highest BCUT2D eigenvalue weighted by Crippen LogP contribution is 2.40. The molecule has 2 aliphatic heterocycles. The predicted octanol–water partition coefficient (Wildman–Crippen LogP) is 4.92. The lowest BCUT2D eigenvalue weighted by molar-refractivity contribution is -0.274. The van der Waals surface area contributed by atoms with E-state index in [2.05, 4.69) is 4.74 Å². The Bertz CT molecular complexity index is 1140. The van der Waals surface area contributed by atoms with E-state index in [0.717, 1.165) is 42.7 Å². The first kappa shape index (κ1) is 27.3. The molecular formula is C28H31F3N2O5. The monoisotopic (exact) mass is 532 g/mol. The van der Waals surface area contributed by atoms with E-state index in [1.807, 2.05) is 36.1 Å². The Kier molecular flexibility index (Phi) is 8.48.